The van der Waals surface area contributed by atoms with E-state index in [2.05, 4.69) is 6.92 Å². The molecule has 1 aromatic heterocycles. The summed E-state index contributed by atoms with van der Waals surface area (Å²) in [5.41, 5.74) is 2.27. The van der Waals surface area contributed by atoms with Gasteiger partial charge in [0.25, 0.3) is 0 Å². The Morgan fingerprint density at radius 2 is 1.94 bits per heavy atom. The number of aromatic nitrogens is 1. The summed E-state index contributed by atoms with van der Waals surface area (Å²) in [5, 5.41) is 10.2. The quantitative estimate of drug-likeness (QED) is 0.858. The van der Waals surface area contributed by atoms with Crippen LogP contribution in [0.1, 0.15) is 5.56 Å². The lowest BCUT2D eigenvalue weighted by Crippen LogP contribution is -2.15. The van der Waals surface area contributed by atoms with Crippen LogP contribution in [0.4, 0.5) is 0 Å². The molecule has 0 saturated carbocycles. The average molecular weight is 233 g/mol. The summed E-state index contributed by atoms with van der Waals surface area (Å²) in [7, 11) is 0. The van der Waals surface area contributed by atoms with Gasteiger partial charge in [-0.2, -0.15) is 0 Å². The van der Waals surface area contributed by atoms with Crippen molar-refractivity contribution in [2.45, 2.75) is 13.5 Å². The number of aryl methyl sites for hydroxylation is 1. The Hall–Kier alpha value is -1.68. The van der Waals surface area contributed by atoms with Gasteiger partial charge in [0.2, 0.25) is 0 Å². The Bertz CT molecular complexity index is 559. The fourth-order valence-corrected chi connectivity index (χ4v) is 2.30. The van der Waals surface area contributed by atoms with Gasteiger partial charge < -0.3 is 19.1 Å². The van der Waals surface area contributed by atoms with E-state index in [9.17, 15) is 0 Å². The molecule has 0 aliphatic carbocycles. The van der Waals surface area contributed by atoms with E-state index >= 15 is 0 Å². The molecule has 0 spiro atoms. The van der Waals surface area contributed by atoms with Crippen molar-refractivity contribution >= 4 is 10.9 Å². The molecule has 0 amide bonds. The molecular weight excluding hydrogens is 218 g/mol. The molecule has 0 fully saturated rings. The second kappa shape index (κ2) is 3.96. The van der Waals surface area contributed by atoms with Gasteiger partial charge in [0.15, 0.2) is 11.5 Å². The Balaban J connectivity index is 2.20. The molecule has 0 saturated heterocycles. The highest BCUT2D eigenvalue weighted by atomic mass is 16.6. The van der Waals surface area contributed by atoms with Gasteiger partial charge in [-0.1, -0.05) is 0 Å². The fraction of sp³-hybridized carbons (Fsp3) is 0.385. The SMILES string of the molecule is Cc1cn(CCO)c2cc3c(cc12)OCCO3. The number of aliphatic hydroxyl groups excluding tert-OH is 1. The van der Waals surface area contributed by atoms with E-state index in [4.69, 9.17) is 14.6 Å². The van der Waals surface area contributed by atoms with Gasteiger partial charge in [-0.05, 0) is 18.6 Å². The van der Waals surface area contributed by atoms with Gasteiger partial charge in [0.1, 0.15) is 13.2 Å². The van der Waals surface area contributed by atoms with Crippen molar-refractivity contribution in [3.05, 3.63) is 23.9 Å². The first-order valence-electron chi connectivity index (χ1n) is 5.79. The molecular formula is C13H15NO3. The lowest BCUT2D eigenvalue weighted by molar-refractivity contribution is 0.172. The van der Waals surface area contributed by atoms with Crippen LogP contribution in [0.3, 0.4) is 0 Å². The molecule has 0 radical (unpaired) electrons. The summed E-state index contributed by atoms with van der Waals surface area (Å²) in [4.78, 5) is 0. The molecule has 0 atom stereocenters. The zero-order chi connectivity index (χ0) is 11.8. The van der Waals surface area contributed by atoms with Crippen molar-refractivity contribution in [2.24, 2.45) is 0 Å². The number of benzene rings is 1. The summed E-state index contributed by atoms with van der Waals surface area (Å²) in [6.45, 7) is 4.00. The molecule has 4 nitrogen and oxygen atoms in total. The van der Waals surface area contributed by atoms with Gasteiger partial charge in [0, 0.05) is 24.2 Å². The van der Waals surface area contributed by atoms with Gasteiger partial charge >= 0.3 is 0 Å². The van der Waals surface area contributed by atoms with Gasteiger partial charge in [-0.25, -0.2) is 0 Å². The molecule has 4 heteroatoms. The highest BCUT2D eigenvalue weighted by Crippen LogP contribution is 2.36. The minimum atomic E-state index is 0.137. The summed E-state index contributed by atoms with van der Waals surface area (Å²) >= 11 is 0. The molecule has 1 aliphatic rings. The maximum Gasteiger partial charge on any atom is 0.163 e. The highest BCUT2D eigenvalue weighted by Gasteiger charge is 2.15. The van der Waals surface area contributed by atoms with Crippen molar-refractivity contribution in [1.29, 1.82) is 0 Å². The summed E-state index contributed by atoms with van der Waals surface area (Å²) < 4.78 is 13.2. The molecule has 3 rings (SSSR count). The van der Waals surface area contributed by atoms with E-state index in [1.807, 2.05) is 22.9 Å². The van der Waals surface area contributed by atoms with Crippen LogP contribution in [0, 0.1) is 6.92 Å². The monoisotopic (exact) mass is 233 g/mol. The van der Waals surface area contributed by atoms with E-state index in [1.165, 1.54) is 5.56 Å². The number of ether oxygens (including phenoxy) is 2. The van der Waals surface area contributed by atoms with Crippen molar-refractivity contribution in [3.63, 3.8) is 0 Å². The first-order valence-corrected chi connectivity index (χ1v) is 5.79. The number of rotatable bonds is 2. The standard InChI is InChI=1S/C13H15NO3/c1-9-8-14(2-3-15)11-7-13-12(6-10(9)11)16-4-5-17-13/h6-8,15H,2-5H2,1H3. The van der Waals surface area contributed by atoms with Crippen LogP contribution < -0.4 is 9.47 Å². The first-order chi connectivity index (χ1) is 8.29. The number of hydrogen-bond donors (Lipinski definition) is 1. The molecule has 90 valence electrons. The third-order valence-corrected chi connectivity index (χ3v) is 3.09. The Morgan fingerprint density at radius 1 is 1.24 bits per heavy atom. The van der Waals surface area contributed by atoms with Crippen LogP contribution >= 0.6 is 0 Å². The summed E-state index contributed by atoms with van der Waals surface area (Å²) in [6.07, 6.45) is 2.05. The van der Waals surface area contributed by atoms with Crippen LogP contribution in [0.5, 0.6) is 11.5 Å². The minimum absolute atomic E-state index is 0.137. The van der Waals surface area contributed by atoms with Crippen LogP contribution in [0.15, 0.2) is 18.3 Å². The van der Waals surface area contributed by atoms with Crippen LogP contribution in [0.25, 0.3) is 10.9 Å². The molecule has 2 heterocycles. The fourth-order valence-electron chi connectivity index (χ4n) is 2.30. The Kier molecular flexibility index (Phi) is 2.44. The van der Waals surface area contributed by atoms with E-state index in [0.29, 0.717) is 19.8 Å². The second-order valence-electron chi connectivity index (χ2n) is 4.24. The van der Waals surface area contributed by atoms with Crippen molar-refractivity contribution in [1.82, 2.24) is 4.57 Å². The van der Waals surface area contributed by atoms with Crippen LogP contribution in [-0.4, -0.2) is 29.5 Å². The van der Waals surface area contributed by atoms with E-state index in [1.54, 1.807) is 0 Å². The third-order valence-electron chi connectivity index (χ3n) is 3.09. The smallest absolute Gasteiger partial charge is 0.163 e. The number of fused-ring (bicyclic) bond motifs is 2. The Morgan fingerprint density at radius 3 is 2.65 bits per heavy atom. The third kappa shape index (κ3) is 1.65. The Labute approximate surface area is 99.4 Å². The highest BCUT2D eigenvalue weighted by molar-refractivity contribution is 5.87. The van der Waals surface area contributed by atoms with Crippen molar-refractivity contribution in [2.75, 3.05) is 19.8 Å². The topological polar surface area (TPSA) is 43.6 Å². The van der Waals surface area contributed by atoms with Crippen molar-refractivity contribution < 1.29 is 14.6 Å². The molecule has 1 aromatic carbocycles. The summed E-state index contributed by atoms with van der Waals surface area (Å²) in [6, 6.07) is 4.01. The predicted octanol–water partition coefficient (Wildman–Crippen LogP) is 1.71. The lowest BCUT2D eigenvalue weighted by Gasteiger charge is -2.18. The first kappa shape index (κ1) is 10.5. The van der Waals surface area contributed by atoms with Gasteiger partial charge in [0.05, 0.1) is 12.1 Å². The van der Waals surface area contributed by atoms with Gasteiger partial charge in [-0.15, -0.1) is 0 Å². The minimum Gasteiger partial charge on any atom is -0.486 e. The predicted molar refractivity (Wildman–Crippen MR) is 64.8 cm³/mol. The van der Waals surface area contributed by atoms with Crippen LogP contribution in [-0.2, 0) is 6.54 Å². The van der Waals surface area contributed by atoms with E-state index < -0.39 is 0 Å². The lowest BCUT2D eigenvalue weighted by atomic mass is 10.1. The summed E-state index contributed by atoms with van der Waals surface area (Å²) in [5.74, 6) is 1.61. The number of hydrogen-bond acceptors (Lipinski definition) is 3. The zero-order valence-corrected chi connectivity index (χ0v) is 9.77. The number of aliphatic hydroxyl groups is 1. The van der Waals surface area contributed by atoms with E-state index in [0.717, 1.165) is 22.4 Å². The molecule has 17 heavy (non-hydrogen) atoms. The largest absolute Gasteiger partial charge is 0.486 e. The second-order valence-corrected chi connectivity index (χ2v) is 4.24. The maximum absolute atomic E-state index is 9.05. The van der Waals surface area contributed by atoms with Crippen LogP contribution in [0.2, 0.25) is 0 Å². The molecule has 1 N–H and O–H groups in total. The molecule has 0 bridgehead atoms. The zero-order valence-electron chi connectivity index (χ0n) is 9.77. The molecule has 2 aromatic rings. The van der Waals surface area contributed by atoms with E-state index in [-0.39, 0.29) is 6.61 Å². The van der Waals surface area contributed by atoms with Crippen molar-refractivity contribution in [3.8, 4) is 11.5 Å². The number of nitrogens with zero attached hydrogens (tertiary/aromatic N) is 1. The molecule has 0 unspecified atom stereocenters. The maximum atomic E-state index is 9.05. The van der Waals surface area contributed by atoms with Gasteiger partial charge in [-0.3, -0.25) is 0 Å². The normalized spacial score (nSPS) is 14.2. The average Bonchev–Trinajstić information content (AvgIpc) is 2.64. The molecule has 1 aliphatic heterocycles.